The third-order valence-corrected chi connectivity index (χ3v) is 4.48. The average Bonchev–Trinajstić information content (AvgIpc) is 2.83. The number of ether oxygens (including phenoxy) is 1. The minimum absolute atomic E-state index is 0.283. The van der Waals surface area contributed by atoms with E-state index in [-0.39, 0.29) is 11.7 Å². The van der Waals surface area contributed by atoms with E-state index in [4.69, 9.17) is 4.74 Å². The Morgan fingerprint density at radius 1 is 1.41 bits per heavy atom. The first-order valence-corrected chi connectivity index (χ1v) is 7.54. The predicted molar refractivity (Wildman–Crippen MR) is 71.5 cm³/mol. The molecule has 0 spiro atoms. The van der Waals surface area contributed by atoms with Gasteiger partial charge in [0.05, 0.1) is 11.7 Å². The molecule has 0 saturated heterocycles. The van der Waals surface area contributed by atoms with Crippen LogP contribution in [0.15, 0.2) is 16.8 Å². The number of aliphatic hydroxyl groups excluding tert-OH is 1. The zero-order chi connectivity index (χ0) is 12.1. The molecule has 1 N–H and O–H groups in total. The SMILES string of the molecule is CCOC1(C(O)Cc2ccsc2)CCCCC1. The number of thiophene rings is 1. The maximum Gasteiger partial charge on any atom is 0.0943 e. The highest BCUT2D eigenvalue weighted by Gasteiger charge is 2.39. The van der Waals surface area contributed by atoms with Crippen molar-refractivity contribution >= 4 is 11.3 Å². The molecule has 1 aliphatic carbocycles. The zero-order valence-electron chi connectivity index (χ0n) is 10.5. The quantitative estimate of drug-likeness (QED) is 0.872. The van der Waals surface area contributed by atoms with Gasteiger partial charge in [0, 0.05) is 13.0 Å². The van der Waals surface area contributed by atoms with E-state index in [1.54, 1.807) is 11.3 Å². The van der Waals surface area contributed by atoms with Gasteiger partial charge in [-0.05, 0) is 42.2 Å². The molecule has 96 valence electrons. The zero-order valence-corrected chi connectivity index (χ0v) is 11.3. The van der Waals surface area contributed by atoms with Crippen molar-refractivity contribution in [3.63, 3.8) is 0 Å². The van der Waals surface area contributed by atoms with Crippen LogP contribution >= 0.6 is 11.3 Å². The number of rotatable bonds is 5. The van der Waals surface area contributed by atoms with Crippen molar-refractivity contribution in [3.05, 3.63) is 22.4 Å². The van der Waals surface area contributed by atoms with E-state index in [1.807, 2.05) is 6.92 Å². The summed E-state index contributed by atoms with van der Waals surface area (Å²) in [5.41, 5.74) is 0.946. The van der Waals surface area contributed by atoms with Gasteiger partial charge >= 0.3 is 0 Å². The van der Waals surface area contributed by atoms with Gasteiger partial charge in [-0.3, -0.25) is 0 Å². The molecular formula is C14H22O2S. The lowest BCUT2D eigenvalue weighted by atomic mass is 9.78. The Balaban J connectivity index is 2.03. The standard InChI is InChI=1S/C14H22O2S/c1-2-16-14(7-4-3-5-8-14)13(15)10-12-6-9-17-11-12/h6,9,11,13,15H,2-5,7-8,10H2,1H3. The lowest BCUT2D eigenvalue weighted by molar-refractivity contribution is -0.138. The smallest absolute Gasteiger partial charge is 0.0943 e. The van der Waals surface area contributed by atoms with Crippen molar-refractivity contribution < 1.29 is 9.84 Å². The van der Waals surface area contributed by atoms with E-state index in [9.17, 15) is 5.11 Å². The molecule has 2 rings (SSSR count). The molecule has 0 radical (unpaired) electrons. The number of hydrogen-bond donors (Lipinski definition) is 1. The molecule has 2 nitrogen and oxygen atoms in total. The van der Waals surface area contributed by atoms with Crippen molar-refractivity contribution in [1.82, 2.24) is 0 Å². The third kappa shape index (κ3) is 3.09. The largest absolute Gasteiger partial charge is 0.390 e. The molecule has 0 amide bonds. The molecule has 1 aromatic heterocycles. The Morgan fingerprint density at radius 2 is 2.18 bits per heavy atom. The van der Waals surface area contributed by atoms with Gasteiger partial charge in [0.15, 0.2) is 0 Å². The van der Waals surface area contributed by atoms with E-state index < -0.39 is 0 Å². The third-order valence-electron chi connectivity index (χ3n) is 3.75. The van der Waals surface area contributed by atoms with Crippen LogP contribution in [0.1, 0.15) is 44.6 Å². The van der Waals surface area contributed by atoms with Crippen LogP contribution in [-0.2, 0) is 11.2 Å². The fraction of sp³-hybridized carbons (Fsp3) is 0.714. The molecule has 1 fully saturated rings. The van der Waals surface area contributed by atoms with E-state index >= 15 is 0 Å². The van der Waals surface area contributed by atoms with Crippen LogP contribution in [0.2, 0.25) is 0 Å². The number of aliphatic hydroxyl groups is 1. The van der Waals surface area contributed by atoms with E-state index in [0.29, 0.717) is 6.61 Å². The van der Waals surface area contributed by atoms with E-state index in [1.165, 1.54) is 24.8 Å². The first kappa shape index (κ1) is 13.1. The van der Waals surface area contributed by atoms with E-state index in [0.717, 1.165) is 19.3 Å². The molecular weight excluding hydrogens is 232 g/mol. The lowest BCUT2D eigenvalue weighted by Crippen LogP contribution is -2.47. The van der Waals surface area contributed by atoms with Gasteiger partial charge in [0.2, 0.25) is 0 Å². The first-order valence-electron chi connectivity index (χ1n) is 6.60. The molecule has 1 aliphatic rings. The molecule has 1 unspecified atom stereocenters. The van der Waals surface area contributed by atoms with Gasteiger partial charge in [-0.1, -0.05) is 19.3 Å². The Hall–Kier alpha value is -0.380. The second kappa shape index (κ2) is 5.98. The molecule has 0 aromatic carbocycles. The fourth-order valence-corrected chi connectivity index (χ4v) is 3.51. The molecule has 17 heavy (non-hydrogen) atoms. The van der Waals surface area contributed by atoms with Gasteiger partial charge in [0.25, 0.3) is 0 Å². The molecule has 1 atom stereocenters. The first-order chi connectivity index (χ1) is 8.27. The highest BCUT2D eigenvalue weighted by atomic mass is 32.1. The summed E-state index contributed by atoms with van der Waals surface area (Å²) in [4.78, 5) is 0. The van der Waals surface area contributed by atoms with Gasteiger partial charge in [0.1, 0.15) is 0 Å². The van der Waals surface area contributed by atoms with Crippen molar-refractivity contribution in [2.45, 2.75) is 57.2 Å². The normalized spacial score (nSPS) is 21.3. The molecule has 0 bridgehead atoms. The summed E-state index contributed by atoms with van der Waals surface area (Å²) in [6.07, 6.45) is 6.01. The van der Waals surface area contributed by atoms with Gasteiger partial charge in [-0.2, -0.15) is 11.3 Å². The maximum atomic E-state index is 10.5. The minimum atomic E-state index is -0.364. The maximum absolute atomic E-state index is 10.5. The highest BCUT2D eigenvalue weighted by Crippen LogP contribution is 2.36. The van der Waals surface area contributed by atoms with Crippen molar-refractivity contribution in [1.29, 1.82) is 0 Å². The van der Waals surface area contributed by atoms with Crippen LogP contribution < -0.4 is 0 Å². The van der Waals surface area contributed by atoms with Crippen molar-refractivity contribution in [3.8, 4) is 0 Å². The highest BCUT2D eigenvalue weighted by molar-refractivity contribution is 7.07. The Kier molecular flexibility index (Phi) is 4.60. The second-order valence-electron chi connectivity index (χ2n) is 4.91. The topological polar surface area (TPSA) is 29.5 Å². The van der Waals surface area contributed by atoms with Crippen molar-refractivity contribution in [2.24, 2.45) is 0 Å². The predicted octanol–water partition coefficient (Wildman–Crippen LogP) is 3.39. The Labute approximate surface area is 108 Å². The lowest BCUT2D eigenvalue weighted by Gasteiger charge is -2.40. The fourth-order valence-electron chi connectivity index (χ4n) is 2.83. The van der Waals surface area contributed by atoms with Crippen LogP contribution in [0.3, 0.4) is 0 Å². The minimum Gasteiger partial charge on any atom is -0.390 e. The molecule has 3 heteroatoms. The van der Waals surface area contributed by atoms with Gasteiger partial charge < -0.3 is 9.84 Å². The summed E-state index contributed by atoms with van der Waals surface area (Å²) in [5.74, 6) is 0. The molecule has 0 aliphatic heterocycles. The van der Waals surface area contributed by atoms with Crippen LogP contribution in [-0.4, -0.2) is 23.4 Å². The average molecular weight is 254 g/mol. The van der Waals surface area contributed by atoms with Crippen LogP contribution in [0.5, 0.6) is 0 Å². The molecule has 1 saturated carbocycles. The van der Waals surface area contributed by atoms with Crippen LogP contribution in [0.25, 0.3) is 0 Å². The van der Waals surface area contributed by atoms with Gasteiger partial charge in [-0.25, -0.2) is 0 Å². The van der Waals surface area contributed by atoms with Crippen molar-refractivity contribution in [2.75, 3.05) is 6.61 Å². The number of hydrogen-bond acceptors (Lipinski definition) is 3. The Bertz CT molecular complexity index is 309. The molecule has 1 heterocycles. The van der Waals surface area contributed by atoms with E-state index in [2.05, 4.69) is 16.8 Å². The van der Waals surface area contributed by atoms with Gasteiger partial charge in [-0.15, -0.1) is 0 Å². The monoisotopic (exact) mass is 254 g/mol. The Morgan fingerprint density at radius 3 is 2.76 bits per heavy atom. The molecule has 1 aromatic rings. The summed E-state index contributed by atoms with van der Waals surface area (Å²) >= 11 is 1.69. The summed E-state index contributed by atoms with van der Waals surface area (Å²) in [6, 6.07) is 2.09. The van der Waals surface area contributed by atoms with Crippen LogP contribution in [0, 0.1) is 0 Å². The summed E-state index contributed by atoms with van der Waals surface area (Å²) < 4.78 is 5.93. The van der Waals surface area contributed by atoms with Crippen LogP contribution in [0.4, 0.5) is 0 Å². The summed E-state index contributed by atoms with van der Waals surface area (Å²) in [5, 5.41) is 14.7. The second-order valence-corrected chi connectivity index (χ2v) is 5.69. The summed E-state index contributed by atoms with van der Waals surface area (Å²) in [6.45, 7) is 2.72. The summed E-state index contributed by atoms with van der Waals surface area (Å²) in [7, 11) is 0.